The first-order chi connectivity index (χ1) is 11.9. The van der Waals surface area contributed by atoms with Gasteiger partial charge in [0.2, 0.25) is 10.0 Å². The molecule has 0 radical (unpaired) electrons. The molecule has 2 aliphatic rings. The van der Waals surface area contributed by atoms with E-state index in [4.69, 9.17) is 4.74 Å². The zero-order chi connectivity index (χ0) is 18.0. The van der Waals surface area contributed by atoms with Gasteiger partial charge >= 0.3 is 0 Å². The topological polar surface area (TPSA) is 113 Å². The average Bonchev–Trinajstić information content (AvgIpc) is 2.62. The van der Waals surface area contributed by atoms with Crippen LogP contribution in [0.1, 0.15) is 12.8 Å². The Bertz CT molecular complexity index is 748. The third-order valence-corrected chi connectivity index (χ3v) is 6.38. The van der Waals surface area contributed by atoms with Gasteiger partial charge in [0.1, 0.15) is 5.69 Å². The average molecular weight is 371 g/mol. The number of nitro groups is 1. The number of sulfonamides is 1. The van der Waals surface area contributed by atoms with E-state index in [2.05, 4.69) is 0 Å². The van der Waals surface area contributed by atoms with Gasteiger partial charge in [0.05, 0.1) is 29.1 Å². The van der Waals surface area contributed by atoms with E-state index in [0.29, 0.717) is 38.4 Å². The Morgan fingerprint density at radius 2 is 1.96 bits per heavy atom. The van der Waals surface area contributed by atoms with Gasteiger partial charge in [-0.3, -0.25) is 10.1 Å². The normalized spacial score (nSPS) is 22.8. The number of morpholine rings is 1. The number of hydrogen-bond acceptors (Lipinski definition) is 7. The lowest BCUT2D eigenvalue weighted by Crippen LogP contribution is -2.40. The molecule has 2 fully saturated rings. The molecule has 1 atom stereocenters. The Labute approximate surface area is 146 Å². The zero-order valence-electron chi connectivity index (χ0n) is 13.7. The molecular formula is C15H21N3O6S. The summed E-state index contributed by atoms with van der Waals surface area (Å²) < 4.78 is 31.8. The Morgan fingerprint density at radius 3 is 2.60 bits per heavy atom. The molecule has 0 aliphatic carbocycles. The number of aliphatic hydroxyl groups is 1. The van der Waals surface area contributed by atoms with Crippen molar-refractivity contribution < 1.29 is 23.2 Å². The van der Waals surface area contributed by atoms with E-state index in [9.17, 15) is 23.6 Å². The second-order valence-corrected chi connectivity index (χ2v) is 8.10. The predicted molar refractivity (Wildman–Crippen MR) is 90.1 cm³/mol. The van der Waals surface area contributed by atoms with E-state index in [1.54, 1.807) is 4.90 Å². The van der Waals surface area contributed by atoms with Gasteiger partial charge in [0.15, 0.2) is 0 Å². The van der Waals surface area contributed by atoms with Crippen LogP contribution in [-0.2, 0) is 14.8 Å². The number of aliphatic hydroxyl groups excluding tert-OH is 1. The summed E-state index contributed by atoms with van der Waals surface area (Å²) in [6.07, 6.45) is 0.852. The van der Waals surface area contributed by atoms with Gasteiger partial charge in [0.25, 0.3) is 5.69 Å². The van der Waals surface area contributed by atoms with Crippen LogP contribution >= 0.6 is 0 Å². The third kappa shape index (κ3) is 3.76. The molecule has 1 aromatic rings. The largest absolute Gasteiger partial charge is 0.391 e. The summed E-state index contributed by atoms with van der Waals surface area (Å²) in [6.45, 7) is 1.98. The fourth-order valence-electron chi connectivity index (χ4n) is 3.19. The number of β-amino-alcohol motifs (C(OH)–C–C–N with tert-alkyl or cyclic N) is 1. The molecule has 25 heavy (non-hydrogen) atoms. The Balaban J connectivity index is 1.95. The molecule has 2 aliphatic heterocycles. The van der Waals surface area contributed by atoms with Crippen molar-refractivity contribution in [2.24, 2.45) is 0 Å². The zero-order valence-corrected chi connectivity index (χ0v) is 14.5. The standard InChI is InChI=1S/C15H21N3O6S/c19-12-2-1-5-16(11-12)14-4-3-13(10-15(14)18(20)21)25(22,23)17-6-8-24-9-7-17/h3-4,10,12,19H,1-2,5-9,11H2/t12-/m1/s1. The summed E-state index contributed by atoms with van der Waals surface area (Å²) in [5.74, 6) is 0. The maximum atomic E-state index is 12.7. The van der Waals surface area contributed by atoms with Gasteiger partial charge in [-0.05, 0) is 25.0 Å². The van der Waals surface area contributed by atoms with Crippen LogP contribution in [0.3, 0.4) is 0 Å². The quantitative estimate of drug-likeness (QED) is 0.608. The molecule has 0 unspecified atom stereocenters. The molecule has 0 aromatic heterocycles. The molecule has 0 spiro atoms. The first-order valence-electron chi connectivity index (χ1n) is 8.19. The smallest absolute Gasteiger partial charge is 0.293 e. The predicted octanol–water partition coefficient (Wildman–Crippen LogP) is 0.577. The molecule has 10 heteroatoms. The molecule has 9 nitrogen and oxygen atoms in total. The molecule has 2 saturated heterocycles. The number of nitrogens with zero attached hydrogens (tertiary/aromatic N) is 3. The number of nitro benzene ring substituents is 1. The number of rotatable bonds is 4. The Morgan fingerprint density at radius 1 is 1.24 bits per heavy atom. The minimum Gasteiger partial charge on any atom is -0.391 e. The molecule has 3 rings (SSSR count). The summed E-state index contributed by atoms with van der Waals surface area (Å²) in [5, 5.41) is 21.3. The van der Waals surface area contributed by atoms with Crippen LogP contribution in [-0.4, -0.2) is 68.2 Å². The van der Waals surface area contributed by atoms with E-state index in [0.717, 1.165) is 12.5 Å². The molecule has 0 bridgehead atoms. The molecule has 2 heterocycles. The minimum atomic E-state index is -3.80. The number of ether oxygens (including phenoxy) is 1. The lowest BCUT2D eigenvalue weighted by atomic mass is 10.1. The number of anilines is 1. The monoisotopic (exact) mass is 371 g/mol. The minimum absolute atomic E-state index is 0.0950. The molecule has 0 amide bonds. The second-order valence-electron chi connectivity index (χ2n) is 6.17. The van der Waals surface area contributed by atoms with Gasteiger partial charge in [-0.25, -0.2) is 8.42 Å². The van der Waals surface area contributed by atoms with Crippen LogP contribution in [0.5, 0.6) is 0 Å². The summed E-state index contributed by atoms with van der Waals surface area (Å²) in [5.41, 5.74) is 0.0770. The molecule has 0 saturated carbocycles. The van der Waals surface area contributed by atoms with E-state index in [1.807, 2.05) is 0 Å². The number of piperidine rings is 1. The molecular weight excluding hydrogens is 350 g/mol. The first kappa shape index (κ1) is 18.1. The molecule has 1 aromatic carbocycles. The summed E-state index contributed by atoms with van der Waals surface area (Å²) >= 11 is 0. The van der Waals surface area contributed by atoms with Crippen molar-refractivity contribution in [1.82, 2.24) is 4.31 Å². The summed E-state index contributed by atoms with van der Waals surface area (Å²) in [7, 11) is -3.80. The third-order valence-electron chi connectivity index (χ3n) is 4.49. The number of hydrogen-bond donors (Lipinski definition) is 1. The van der Waals surface area contributed by atoms with Crippen LogP contribution in [0.2, 0.25) is 0 Å². The van der Waals surface area contributed by atoms with Crippen LogP contribution < -0.4 is 4.90 Å². The van der Waals surface area contributed by atoms with Crippen molar-refractivity contribution in [1.29, 1.82) is 0 Å². The molecule has 1 N–H and O–H groups in total. The van der Waals surface area contributed by atoms with Crippen molar-refractivity contribution in [2.45, 2.75) is 23.8 Å². The Hall–Kier alpha value is -1.75. The van der Waals surface area contributed by atoms with Gasteiger partial charge in [-0.15, -0.1) is 0 Å². The van der Waals surface area contributed by atoms with Gasteiger partial charge in [-0.2, -0.15) is 4.31 Å². The van der Waals surface area contributed by atoms with Crippen molar-refractivity contribution in [3.05, 3.63) is 28.3 Å². The molecule has 138 valence electrons. The van der Waals surface area contributed by atoms with Crippen molar-refractivity contribution in [3.63, 3.8) is 0 Å². The van der Waals surface area contributed by atoms with Crippen LogP contribution in [0.15, 0.2) is 23.1 Å². The van der Waals surface area contributed by atoms with Crippen LogP contribution in [0.25, 0.3) is 0 Å². The van der Waals surface area contributed by atoms with Crippen LogP contribution in [0, 0.1) is 10.1 Å². The Kier molecular flexibility index (Phi) is 5.23. The van der Waals surface area contributed by atoms with Gasteiger partial charge in [0, 0.05) is 32.2 Å². The highest BCUT2D eigenvalue weighted by atomic mass is 32.2. The van der Waals surface area contributed by atoms with Crippen molar-refractivity contribution >= 4 is 21.4 Å². The SMILES string of the molecule is O=[N+]([O-])c1cc(S(=O)(=O)N2CCOCC2)ccc1N1CCC[C@@H](O)C1. The van der Waals surface area contributed by atoms with Crippen molar-refractivity contribution in [3.8, 4) is 0 Å². The lowest BCUT2D eigenvalue weighted by Gasteiger charge is -2.31. The van der Waals surface area contributed by atoms with E-state index >= 15 is 0 Å². The van der Waals surface area contributed by atoms with Gasteiger partial charge in [-0.1, -0.05) is 0 Å². The highest BCUT2D eigenvalue weighted by Gasteiger charge is 2.30. The van der Waals surface area contributed by atoms with E-state index in [1.165, 1.54) is 16.4 Å². The fourth-order valence-corrected chi connectivity index (χ4v) is 4.62. The lowest BCUT2D eigenvalue weighted by molar-refractivity contribution is -0.384. The second kappa shape index (κ2) is 7.24. The summed E-state index contributed by atoms with van der Waals surface area (Å²) in [6, 6.07) is 3.97. The van der Waals surface area contributed by atoms with Gasteiger partial charge < -0.3 is 14.7 Å². The first-order valence-corrected chi connectivity index (χ1v) is 9.63. The summed E-state index contributed by atoms with van der Waals surface area (Å²) in [4.78, 5) is 12.6. The number of benzene rings is 1. The highest BCUT2D eigenvalue weighted by molar-refractivity contribution is 7.89. The van der Waals surface area contributed by atoms with E-state index < -0.39 is 21.1 Å². The maximum Gasteiger partial charge on any atom is 0.293 e. The van der Waals surface area contributed by atoms with Crippen LogP contribution in [0.4, 0.5) is 11.4 Å². The van der Waals surface area contributed by atoms with E-state index in [-0.39, 0.29) is 23.7 Å². The highest BCUT2D eigenvalue weighted by Crippen LogP contribution is 2.33. The maximum absolute atomic E-state index is 12.7. The van der Waals surface area contributed by atoms with Crippen molar-refractivity contribution in [2.75, 3.05) is 44.3 Å². The fraction of sp³-hybridized carbons (Fsp3) is 0.600.